The van der Waals surface area contributed by atoms with Crippen LogP contribution < -0.4 is 0 Å². The van der Waals surface area contributed by atoms with Crippen molar-refractivity contribution in [1.29, 1.82) is 0 Å². The summed E-state index contributed by atoms with van der Waals surface area (Å²) in [7, 11) is 0. The van der Waals surface area contributed by atoms with Gasteiger partial charge in [-0.15, -0.1) is 0 Å². The van der Waals surface area contributed by atoms with E-state index in [4.69, 9.17) is 0 Å². The fraction of sp³-hybridized carbons (Fsp3) is 0.188. The molecule has 0 unspecified atom stereocenters. The van der Waals surface area contributed by atoms with Gasteiger partial charge in [0, 0.05) is 0 Å². The lowest BCUT2D eigenvalue weighted by atomic mass is 9.83. The molecular weight excluding hydrogens is 224 g/mol. The molecule has 2 atom stereocenters. The van der Waals surface area contributed by atoms with Crippen LogP contribution in [0.25, 0.3) is 0 Å². The molecular formula is C16H16O2. The summed E-state index contributed by atoms with van der Waals surface area (Å²) in [6.07, 6.45) is 0. The molecule has 1 N–H and O–H groups in total. The predicted octanol–water partition coefficient (Wildman–Crippen LogP) is 3.66. The van der Waals surface area contributed by atoms with Crippen LogP contribution in [-0.4, -0.2) is 11.1 Å². The van der Waals surface area contributed by atoms with E-state index in [1.165, 1.54) is 0 Å². The van der Waals surface area contributed by atoms with Gasteiger partial charge >= 0.3 is 5.97 Å². The van der Waals surface area contributed by atoms with Crippen LogP contribution in [0.1, 0.15) is 29.9 Å². The maximum absolute atomic E-state index is 11.5. The van der Waals surface area contributed by atoms with Gasteiger partial charge in [0.05, 0.1) is 5.92 Å². The number of benzene rings is 2. The minimum Gasteiger partial charge on any atom is -0.481 e. The molecule has 0 amide bonds. The lowest BCUT2D eigenvalue weighted by Gasteiger charge is -2.21. The van der Waals surface area contributed by atoms with Crippen LogP contribution >= 0.6 is 0 Å². The van der Waals surface area contributed by atoms with Gasteiger partial charge in [0.1, 0.15) is 0 Å². The zero-order valence-corrected chi connectivity index (χ0v) is 10.3. The molecule has 0 aliphatic heterocycles. The molecule has 2 rings (SSSR count). The molecule has 0 heterocycles. The first kappa shape index (κ1) is 12.4. The van der Waals surface area contributed by atoms with E-state index in [-0.39, 0.29) is 5.92 Å². The Bertz CT molecular complexity index is 505. The number of carboxylic acids is 1. The van der Waals surface area contributed by atoms with Gasteiger partial charge in [0.2, 0.25) is 0 Å². The number of aliphatic carboxylic acids is 1. The highest BCUT2D eigenvalue weighted by molar-refractivity contribution is 5.77. The Hall–Kier alpha value is -2.09. The van der Waals surface area contributed by atoms with Crippen molar-refractivity contribution in [2.45, 2.75) is 18.8 Å². The Morgan fingerprint density at radius 2 is 1.33 bits per heavy atom. The van der Waals surface area contributed by atoms with Crippen molar-refractivity contribution < 1.29 is 9.90 Å². The number of hydrogen-bond acceptors (Lipinski definition) is 1. The van der Waals surface area contributed by atoms with E-state index in [1.807, 2.05) is 67.6 Å². The van der Waals surface area contributed by atoms with Crippen molar-refractivity contribution in [3.05, 3.63) is 71.8 Å². The average Bonchev–Trinajstić information content (AvgIpc) is 2.40. The van der Waals surface area contributed by atoms with Gasteiger partial charge in [-0.2, -0.15) is 0 Å². The molecule has 0 bridgehead atoms. The van der Waals surface area contributed by atoms with Crippen LogP contribution in [0.5, 0.6) is 0 Å². The van der Waals surface area contributed by atoms with Gasteiger partial charge in [0.15, 0.2) is 0 Å². The fourth-order valence-corrected chi connectivity index (χ4v) is 2.25. The summed E-state index contributed by atoms with van der Waals surface area (Å²) in [5.41, 5.74) is 1.90. The minimum atomic E-state index is -0.780. The molecule has 92 valence electrons. The van der Waals surface area contributed by atoms with Gasteiger partial charge in [-0.3, -0.25) is 4.79 Å². The van der Waals surface area contributed by atoms with E-state index in [1.54, 1.807) is 0 Å². The lowest BCUT2D eigenvalue weighted by Crippen LogP contribution is -2.18. The maximum atomic E-state index is 11.5. The SMILES string of the molecule is C[C@H](c1ccccc1)[C@H](C(=O)O)c1ccccc1. The van der Waals surface area contributed by atoms with E-state index < -0.39 is 11.9 Å². The van der Waals surface area contributed by atoms with Crippen LogP contribution in [0, 0.1) is 0 Å². The molecule has 0 fully saturated rings. The number of hydrogen-bond donors (Lipinski definition) is 1. The second-order valence-electron chi connectivity index (χ2n) is 4.43. The largest absolute Gasteiger partial charge is 0.481 e. The molecule has 0 saturated heterocycles. The Kier molecular flexibility index (Phi) is 3.78. The summed E-state index contributed by atoms with van der Waals surface area (Å²) < 4.78 is 0. The van der Waals surface area contributed by atoms with Gasteiger partial charge in [-0.25, -0.2) is 0 Å². The topological polar surface area (TPSA) is 37.3 Å². The zero-order valence-electron chi connectivity index (χ0n) is 10.3. The third-order valence-electron chi connectivity index (χ3n) is 3.25. The monoisotopic (exact) mass is 240 g/mol. The summed E-state index contributed by atoms with van der Waals surface area (Å²) in [6.45, 7) is 1.96. The molecule has 2 aromatic rings. The normalized spacial score (nSPS) is 13.8. The van der Waals surface area contributed by atoms with Crippen LogP contribution in [0.4, 0.5) is 0 Å². The van der Waals surface area contributed by atoms with Crippen molar-refractivity contribution in [2.24, 2.45) is 0 Å². The summed E-state index contributed by atoms with van der Waals surface area (Å²) in [5, 5.41) is 9.46. The average molecular weight is 240 g/mol. The number of rotatable bonds is 4. The number of carboxylic acid groups (broad SMARTS) is 1. The lowest BCUT2D eigenvalue weighted by molar-refractivity contribution is -0.139. The van der Waals surface area contributed by atoms with Gasteiger partial charge in [0.25, 0.3) is 0 Å². The maximum Gasteiger partial charge on any atom is 0.311 e. The quantitative estimate of drug-likeness (QED) is 0.885. The van der Waals surface area contributed by atoms with Crippen LogP contribution in [0.2, 0.25) is 0 Å². The zero-order chi connectivity index (χ0) is 13.0. The first-order chi connectivity index (χ1) is 8.70. The second-order valence-corrected chi connectivity index (χ2v) is 4.43. The van der Waals surface area contributed by atoms with E-state index in [9.17, 15) is 9.90 Å². The van der Waals surface area contributed by atoms with Crippen molar-refractivity contribution in [3.63, 3.8) is 0 Å². The minimum absolute atomic E-state index is 0.0499. The Labute approximate surface area is 107 Å². The first-order valence-corrected chi connectivity index (χ1v) is 6.03. The molecule has 0 aromatic heterocycles. The highest BCUT2D eigenvalue weighted by atomic mass is 16.4. The molecule has 0 saturated carbocycles. The van der Waals surface area contributed by atoms with Gasteiger partial charge in [-0.05, 0) is 17.0 Å². The van der Waals surface area contributed by atoms with Gasteiger partial charge in [-0.1, -0.05) is 67.6 Å². The van der Waals surface area contributed by atoms with E-state index in [2.05, 4.69) is 0 Å². The molecule has 2 heteroatoms. The molecule has 2 aromatic carbocycles. The van der Waals surface area contributed by atoms with Crippen molar-refractivity contribution in [3.8, 4) is 0 Å². The van der Waals surface area contributed by atoms with E-state index >= 15 is 0 Å². The second kappa shape index (κ2) is 5.50. The first-order valence-electron chi connectivity index (χ1n) is 6.03. The smallest absolute Gasteiger partial charge is 0.311 e. The summed E-state index contributed by atoms with van der Waals surface area (Å²) >= 11 is 0. The number of carbonyl (C=O) groups is 1. The standard InChI is InChI=1S/C16H16O2/c1-12(13-8-4-2-5-9-13)15(16(17)18)14-10-6-3-7-11-14/h2-12,15H,1H3,(H,17,18)/t12-,15+/m1/s1. The summed E-state index contributed by atoms with van der Waals surface area (Å²) in [4.78, 5) is 11.5. The van der Waals surface area contributed by atoms with E-state index in [0.29, 0.717) is 0 Å². The van der Waals surface area contributed by atoms with Crippen molar-refractivity contribution in [1.82, 2.24) is 0 Å². The summed E-state index contributed by atoms with van der Waals surface area (Å²) in [5.74, 6) is -1.34. The predicted molar refractivity (Wildman–Crippen MR) is 71.7 cm³/mol. The molecule has 0 aliphatic rings. The Morgan fingerprint density at radius 3 is 1.78 bits per heavy atom. The van der Waals surface area contributed by atoms with Crippen molar-refractivity contribution in [2.75, 3.05) is 0 Å². The summed E-state index contributed by atoms with van der Waals surface area (Å²) in [6, 6.07) is 19.2. The van der Waals surface area contributed by atoms with Gasteiger partial charge < -0.3 is 5.11 Å². The molecule has 0 spiro atoms. The van der Waals surface area contributed by atoms with Crippen molar-refractivity contribution >= 4 is 5.97 Å². The highest BCUT2D eigenvalue weighted by Gasteiger charge is 2.27. The van der Waals surface area contributed by atoms with Crippen LogP contribution in [0.3, 0.4) is 0 Å². The molecule has 2 nitrogen and oxygen atoms in total. The highest BCUT2D eigenvalue weighted by Crippen LogP contribution is 2.32. The third kappa shape index (κ3) is 2.59. The third-order valence-corrected chi connectivity index (χ3v) is 3.25. The van der Waals surface area contributed by atoms with Crippen LogP contribution in [-0.2, 0) is 4.79 Å². The van der Waals surface area contributed by atoms with E-state index in [0.717, 1.165) is 11.1 Å². The Morgan fingerprint density at radius 1 is 0.889 bits per heavy atom. The molecule has 0 aliphatic carbocycles. The van der Waals surface area contributed by atoms with Crippen LogP contribution in [0.15, 0.2) is 60.7 Å². The molecule has 0 radical (unpaired) electrons. The Balaban J connectivity index is 2.35. The fourth-order valence-electron chi connectivity index (χ4n) is 2.25. The molecule has 18 heavy (non-hydrogen) atoms.